The summed E-state index contributed by atoms with van der Waals surface area (Å²) in [5, 5.41) is 6.08. The molecule has 6 rings (SSSR count). The van der Waals surface area contributed by atoms with E-state index in [4.69, 9.17) is 4.74 Å². The molecular weight excluding hydrogens is 449 g/mol. The number of hydrogen-bond donors (Lipinski definition) is 0. The van der Waals surface area contributed by atoms with E-state index >= 15 is 0 Å². The van der Waals surface area contributed by atoms with Crippen LogP contribution in [0.5, 0.6) is 5.06 Å². The van der Waals surface area contributed by atoms with Gasteiger partial charge in [0.1, 0.15) is 0 Å². The van der Waals surface area contributed by atoms with Gasteiger partial charge in [-0.05, 0) is 59.3 Å². The normalized spacial score (nSPS) is 11.6. The Bertz CT molecular complexity index is 1560. The predicted octanol–water partition coefficient (Wildman–Crippen LogP) is 8.55. The molecule has 2 nitrogen and oxygen atoms in total. The quantitative estimate of drug-likeness (QED) is 0.245. The summed E-state index contributed by atoms with van der Waals surface area (Å²) in [6, 6.07) is 21.6. The van der Waals surface area contributed by atoms with Crippen LogP contribution in [0.25, 0.3) is 50.5 Å². The SMILES string of the molecule is COc1ccc(-c2cc3c(ccc4c5cc(-c6ccc(C=O)s6)sc5ccc34)s2)s1. The maximum Gasteiger partial charge on any atom is 0.173 e. The van der Waals surface area contributed by atoms with Gasteiger partial charge in [-0.3, -0.25) is 4.79 Å². The van der Waals surface area contributed by atoms with Crippen molar-refractivity contribution < 1.29 is 9.53 Å². The standard InChI is InChI=1S/C24H14O2S4/c1-26-24-9-8-21(30-24)23-11-17-15-3-6-18-16(14(15)4-7-19(17)29-23)10-22(28-18)20-5-2-13(12-25)27-20/h2-12H,1H3. The third-order valence-corrected chi connectivity index (χ3v) is 9.86. The van der Waals surface area contributed by atoms with Gasteiger partial charge in [-0.2, -0.15) is 0 Å². The zero-order chi connectivity index (χ0) is 20.2. The van der Waals surface area contributed by atoms with Crippen molar-refractivity contribution in [1.82, 2.24) is 0 Å². The van der Waals surface area contributed by atoms with Crippen LogP contribution in [0, 0.1) is 0 Å². The molecule has 0 unspecified atom stereocenters. The van der Waals surface area contributed by atoms with Gasteiger partial charge in [0.2, 0.25) is 0 Å². The molecule has 0 radical (unpaired) electrons. The van der Waals surface area contributed by atoms with Crippen LogP contribution in [0.1, 0.15) is 9.67 Å². The zero-order valence-electron chi connectivity index (χ0n) is 15.8. The van der Waals surface area contributed by atoms with Gasteiger partial charge in [0, 0.05) is 39.7 Å². The number of methoxy groups -OCH3 is 1. The van der Waals surface area contributed by atoms with Crippen molar-refractivity contribution in [3.05, 3.63) is 65.5 Å². The van der Waals surface area contributed by atoms with E-state index in [-0.39, 0.29) is 0 Å². The van der Waals surface area contributed by atoms with E-state index in [9.17, 15) is 4.79 Å². The summed E-state index contributed by atoms with van der Waals surface area (Å²) in [6.45, 7) is 0. The van der Waals surface area contributed by atoms with E-state index in [2.05, 4.69) is 42.5 Å². The summed E-state index contributed by atoms with van der Waals surface area (Å²) in [4.78, 5) is 16.7. The molecule has 0 atom stereocenters. The van der Waals surface area contributed by atoms with Gasteiger partial charge in [0.25, 0.3) is 0 Å². The summed E-state index contributed by atoms with van der Waals surface area (Å²) in [7, 11) is 1.71. The van der Waals surface area contributed by atoms with Crippen molar-refractivity contribution in [2.45, 2.75) is 0 Å². The molecule has 0 saturated heterocycles. The average molecular weight is 463 g/mol. The predicted molar refractivity (Wildman–Crippen MR) is 133 cm³/mol. The van der Waals surface area contributed by atoms with Crippen LogP contribution < -0.4 is 4.74 Å². The van der Waals surface area contributed by atoms with Crippen LogP contribution in [0.2, 0.25) is 0 Å². The number of fused-ring (bicyclic) bond motifs is 5. The molecule has 0 aliphatic carbocycles. The number of carbonyl (C=O) groups is 1. The van der Waals surface area contributed by atoms with Crippen molar-refractivity contribution >= 4 is 82.6 Å². The molecule has 0 spiro atoms. The van der Waals surface area contributed by atoms with Crippen molar-refractivity contribution in [3.63, 3.8) is 0 Å². The lowest BCUT2D eigenvalue weighted by Gasteiger charge is -2.01. The lowest BCUT2D eigenvalue weighted by atomic mass is 10.0. The summed E-state index contributed by atoms with van der Waals surface area (Å²) in [5.41, 5.74) is 0. The van der Waals surface area contributed by atoms with Gasteiger partial charge in [0.05, 0.1) is 12.0 Å². The third kappa shape index (κ3) is 2.83. The fourth-order valence-electron chi connectivity index (χ4n) is 3.80. The second kappa shape index (κ2) is 7.03. The van der Waals surface area contributed by atoms with Crippen LogP contribution >= 0.6 is 45.3 Å². The highest BCUT2D eigenvalue weighted by atomic mass is 32.1. The monoisotopic (exact) mass is 462 g/mol. The highest BCUT2D eigenvalue weighted by Crippen LogP contribution is 2.44. The molecule has 0 aliphatic rings. The summed E-state index contributed by atoms with van der Waals surface area (Å²) in [6.07, 6.45) is 0.922. The number of hydrogen-bond acceptors (Lipinski definition) is 6. The van der Waals surface area contributed by atoms with Crippen LogP contribution in [-0.4, -0.2) is 13.4 Å². The molecular formula is C24H14O2S4. The first kappa shape index (κ1) is 18.3. The Kier molecular flexibility index (Phi) is 4.28. The van der Waals surface area contributed by atoms with E-state index < -0.39 is 0 Å². The Morgan fingerprint density at radius 2 is 1.23 bits per heavy atom. The average Bonchev–Trinajstić information content (AvgIpc) is 3.56. The Morgan fingerprint density at radius 3 is 1.77 bits per heavy atom. The Hall–Kier alpha value is -2.51. The smallest absolute Gasteiger partial charge is 0.173 e. The Labute approximate surface area is 188 Å². The second-order valence-corrected chi connectivity index (χ2v) is 11.2. The molecule has 4 aromatic heterocycles. The first-order chi connectivity index (χ1) is 14.7. The molecule has 30 heavy (non-hydrogen) atoms. The minimum atomic E-state index is 0.769. The fourth-order valence-corrected chi connectivity index (χ4v) is 7.76. The lowest BCUT2D eigenvalue weighted by Crippen LogP contribution is -1.74. The van der Waals surface area contributed by atoms with E-state index in [1.165, 1.54) is 45.6 Å². The van der Waals surface area contributed by atoms with Crippen molar-refractivity contribution in [1.29, 1.82) is 0 Å². The summed E-state index contributed by atoms with van der Waals surface area (Å²) >= 11 is 6.84. The number of aldehydes is 1. The highest BCUT2D eigenvalue weighted by molar-refractivity contribution is 7.27. The van der Waals surface area contributed by atoms with Gasteiger partial charge in [0.15, 0.2) is 11.3 Å². The summed E-state index contributed by atoms with van der Waals surface area (Å²) in [5.74, 6) is 0. The van der Waals surface area contributed by atoms with Crippen LogP contribution in [0.15, 0.2) is 60.7 Å². The van der Waals surface area contributed by atoms with E-state index in [1.54, 1.807) is 41.1 Å². The summed E-state index contributed by atoms with van der Waals surface area (Å²) < 4.78 is 7.94. The number of ether oxygens (including phenoxy) is 1. The van der Waals surface area contributed by atoms with Crippen LogP contribution in [-0.2, 0) is 0 Å². The molecule has 0 bridgehead atoms. The van der Waals surface area contributed by atoms with Crippen molar-refractivity contribution in [2.75, 3.05) is 7.11 Å². The van der Waals surface area contributed by atoms with E-state index in [0.29, 0.717) is 0 Å². The fraction of sp³-hybridized carbons (Fsp3) is 0.0417. The van der Waals surface area contributed by atoms with Gasteiger partial charge in [-0.1, -0.05) is 23.5 Å². The van der Waals surface area contributed by atoms with Crippen LogP contribution in [0.3, 0.4) is 0 Å². The second-order valence-electron chi connectivity index (χ2n) is 6.91. The molecule has 6 heteroatoms. The molecule has 2 aromatic carbocycles. The van der Waals surface area contributed by atoms with Crippen LogP contribution in [0.4, 0.5) is 0 Å². The molecule has 0 saturated carbocycles. The molecule has 0 N–H and O–H groups in total. The largest absolute Gasteiger partial charge is 0.487 e. The topological polar surface area (TPSA) is 26.3 Å². The number of thiophene rings is 4. The first-order valence-corrected chi connectivity index (χ1v) is 12.6. The van der Waals surface area contributed by atoms with Gasteiger partial charge < -0.3 is 4.74 Å². The number of rotatable bonds is 4. The lowest BCUT2D eigenvalue weighted by molar-refractivity contribution is 0.112. The Morgan fingerprint density at radius 1 is 0.633 bits per heavy atom. The molecule has 0 amide bonds. The molecule has 0 fully saturated rings. The number of benzene rings is 2. The third-order valence-electron chi connectivity index (χ3n) is 5.21. The van der Waals surface area contributed by atoms with E-state index in [1.807, 2.05) is 29.5 Å². The molecule has 0 aliphatic heterocycles. The molecule has 6 aromatic rings. The zero-order valence-corrected chi connectivity index (χ0v) is 19.1. The maximum absolute atomic E-state index is 11.1. The van der Waals surface area contributed by atoms with Crippen molar-refractivity contribution in [2.24, 2.45) is 0 Å². The van der Waals surface area contributed by atoms with Crippen molar-refractivity contribution in [3.8, 4) is 24.6 Å². The van der Waals surface area contributed by atoms with E-state index in [0.717, 1.165) is 21.1 Å². The van der Waals surface area contributed by atoms with Gasteiger partial charge in [-0.25, -0.2) is 0 Å². The highest BCUT2D eigenvalue weighted by Gasteiger charge is 2.14. The van der Waals surface area contributed by atoms with Gasteiger partial charge in [-0.15, -0.1) is 34.0 Å². The minimum absolute atomic E-state index is 0.769. The molecule has 4 heterocycles. The first-order valence-electron chi connectivity index (χ1n) is 9.32. The van der Waals surface area contributed by atoms with Gasteiger partial charge >= 0.3 is 0 Å². The Balaban J connectivity index is 1.53. The number of carbonyl (C=O) groups excluding carboxylic acids is 1. The maximum atomic E-state index is 11.1. The molecule has 146 valence electrons. The minimum Gasteiger partial charge on any atom is -0.487 e.